The molecular weight excluding hydrogens is 471 g/mol. The number of hydrogen-bond acceptors (Lipinski definition) is 6. The lowest BCUT2D eigenvalue weighted by molar-refractivity contribution is -0.147. The van der Waals surface area contributed by atoms with Gasteiger partial charge in [-0.05, 0) is 54.4 Å². The molecule has 4 heterocycles. The third kappa shape index (κ3) is 4.24. The predicted molar refractivity (Wildman–Crippen MR) is 126 cm³/mol. The molecule has 1 aliphatic carbocycles. The first-order valence-electron chi connectivity index (χ1n) is 12.4. The second-order valence-electron chi connectivity index (χ2n) is 9.99. The van der Waals surface area contributed by atoms with E-state index in [-0.39, 0.29) is 11.2 Å². The van der Waals surface area contributed by atoms with Gasteiger partial charge in [0.1, 0.15) is 11.6 Å². The second-order valence-corrected chi connectivity index (χ2v) is 9.99. The molecule has 1 unspecified atom stereocenters. The van der Waals surface area contributed by atoms with Crippen LogP contribution in [0.2, 0.25) is 0 Å². The molecule has 1 saturated heterocycles. The highest BCUT2D eigenvalue weighted by molar-refractivity contribution is 5.83. The number of piperidine rings is 1. The van der Waals surface area contributed by atoms with E-state index >= 15 is 0 Å². The molecule has 2 aliphatic heterocycles. The molecule has 190 valence electrons. The Morgan fingerprint density at radius 1 is 1.06 bits per heavy atom. The van der Waals surface area contributed by atoms with Gasteiger partial charge in [0.2, 0.25) is 0 Å². The molecule has 0 bridgehead atoms. The number of benzene rings is 1. The minimum absolute atomic E-state index is 0.270. The summed E-state index contributed by atoms with van der Waals surface area (Å²) in [6.45, 7) is 2.22. The van der Waals surface area contributed by atoms with Crippen molar-refractivity contribution in [2.24, 2.45) is 17.6 Å². The normalized spacial score (nSPS) is 20.8. The Hall–Kier alpha value is -3.37. The molecule has 1 spiro atoms. The fourth-order valence-corrected chi connectivity index (χ4v) is 5.66. The summed E-state index contributed by atoms with van der Waals surface area (Å²) >= 11 is 0. The van der Waals surface area contributed by atoms with Crippen LogP contribution in [0.5, 0.6) is 5.75 Å². The number of likely N-dealkylation sites (tertiary alicyclic amines) is 1. The first kappa shape index (κ1) is 23.1. The lowest BCUT2D eigenvalue weighted by Crippen LogP contribution is -2.41. The van der Waals surface area contributed by atoms with Gasteiger partial charge in [-0.3, -0.25) is 4.68 Å². The zero-order valence-electron chi connectivity index (χ0n) is 20.1. The van der Waals surface area contributed by atoms with Crippen molar-refractivity contribution in [2.75, 3.05) is 19.7 Å². The van der Waals surface area contributed by atoms with E-state index in [1.165, 1.54) is 5.56 Å². The van der Waals surface area contributed by atoms with Gasteiger partial charge in [-0.2, -0.15) is 28.0 Å². The minimum Gasteiger partial charge on any atom is -0.493 e. The molecule has 8 nitrogen and oxygen atoms in total. The van der Waals surface area contributed by atoms with Gasteiger partial charge in [-0.15, -0.1) is 10.2 Å². The van der Waals surface area contributed by atoms with Crippen molar-refractivity contribution in [1.82, 2.24) is 29.6 Å². The average molecular weight is 500 g/mol. The summed E-state index contributed by atoms with van der Waals surface area (Å²) in [5, 5.41) is 15.5. The molecule has 1 saturated carbocycles. The highest BCUT2D eigenvalue weighted by Crippen LogP contribution is 2.65. The van der Waals surface area contributed by atoms with Crippen LogP contribution in [0.4, 0.5) is 13.2 Å². The van der Waals surface area contributed by atoms with Gasteiger partial charge in [-0.1, -0.05) is 12.1 Å². The molecule has 3 aliphatic rings. The first-order valence-corrected chi connectivity index (χ1v) is 12.4. The van der Waals surface area contributed by atoms with Crippen molar-refractivity contribution >= 4 is 5.84 Å². The van der Waals surface area contributed by atoms with Crippen LogP contribution < -0.4 is 4.74 Å². The molecule has 2 aromatic heterocycles. The van der Waals surface area contributed by atoms with Crippen molar-refractivity contribution in [3.05, 3.63) is 59.4 Å². The molecule has 0 radical (unpaired) electrons. The summed E-state index contributed by atoms with van der Waals surface area (Å²) in [7, 11) is 1.93. The van der Waals surface area contributed by atoms with E-state index in [4.69, 9.17) is 4.74 Å². The number of ether oxygens (including phenoxy) is 1. The Kier molecular flexibility index (Phi) is 5.53. The van der Waals surface area contributed by atoms with Gasteiger partial charge in [0, 0.05) is 51.3 Å². The third-order valence-corrected chi connectivity index (χ3v) is 7.89. The van der Waals surface area contributed by atoms with Crippen LogP contribution in [0, 0.1) is 5.41 Å². The van der Waals surface area contributed by atoms with E-state index in [1.807, 2.05) is 29.9 Å². The van der Waals surface area contributed by atoms with Crippen LogP contribution >= 0.6 is 0 Å². The van der Waals surface area contributed by atoms with Crippen LogP contribution in [0.15, 0.2) is 41.6 Å². The monoisotopic (exact) mass is 499 g/mol. The van der Waals surface area contributed by atoms with Crippen molar-refractivity contribution < 1.29 is 17.9 Å². The number of fused-ring (bicyclic) bond motifs is 1. The molecule has 1 atom stereocenters. The van der Waals surface area contributed by atoms with Gasteiger partial charge in [0.25, 0.3) is 5.82 Å². The van der Waals surface area contributed by atoms with E-state index in [0.29, 0.717) is 31.2 Å². The average Bonchev–Trinajstić information content (AvgIpc) is 3.16. The summed E-state index contributed by atoms with van der Waals surface area (Å²) in [5.41, 5.74) is 2.76. The molecule has 1 aromatic carbocycles. The number of halogens is 3. The number of amidine groups is 1. The Labute approximate surface area is 206 Å². The Balaban J connectivity index is 1.04. The van der Waals surface area contributed by atoms with Crippen LogP contribution in [-0.4, -0.2) is 55.1 Å². The summed E-state index contributed by atoms with van der Waals surface area (Å²) in [6, 6.07) is 10.4. The minimum atomic E-state index is -4.57. The van der Waals surface area contributed by atoms with Crippen LogP contribution in [0.25, 0.3) is 0 Å². The summed E-state index contributed by atoms with van der Waals surface area (Å²) < 4.78 is 48.4. The number of hydrogen-bond donors (Lipinski definition) is 0. The quantitative estimate of drug-likeness (QED) is 0.530. The van der Waals surface area contributed by atoms with Crippen molar-refractivity contribution in [1.29, 1.82) is 0 Å². The fraction of sp³-hybridized carbons (Fsp3) is 0.520. The van der Waals surface area contributed by atoms with Gasteiger partial charge in [-0.25, -0.2) is 0 Å². The zero-order valence-corrected chi connectivity index (χ0v) is 20.1. The van der Waals surface area contributed by atoms with Crippen molar-refractivity contribution in [3.8, 4) is 5.75 Å². The Morgan fingerprint density at radius 3 is 2.53 bits per heavy atom. The van der Waals surface area contributed by atoms with Gasteiger partial charge in [0.15, 0.2) is 5.82 Å². The van der Waals surface area contributed by atoms with E-state index in [9.17, 15) is 13.2 Å². The molecule has 36 heavy (non-hydrogen) atoms. The third-order valence-electron chi connectivity index (χ3n) is 7.89. The zero-order chi connectivity index (χ0) is 24.9. The lowest BCUT2D eigenvalue weighted by atomic mass is 9.88. The molecular formula is C25H28F3N7O. The van der Waals surface area contributed by atoms with Crippen LogP contribution in [0.1, 0.15) is 54.5 Å². The fourth-order valence-electron chi connectivity index (χ4n) is 5.66. The van der Waals surface area contributed by atoms with Crippen molar-refractivity contribution in [3.63, 3.8) is 0 Å². The number of aromatic nitrogens is 5. The van der Waals surface area contributed by atoms with Crippen LogP contribution in [0.3, 0.4) is 0 Å². The number of alkyl halides is 3. The van der Waals surface area contributed by atoms with Gasteiger partial charge >= 0.3 is 6.18 Å². The highest BCUT2D eigenvalue weighted by Gasteiger charge is 2.55. The van der Waals surface area contributed by atoms with Gasteiger partial charge in [0.05, 0.1) is 6.61 Å². The molecule has 0 amide bonds. The van der Waals surface area contributed by atoms with Crippen molar-refractivity contribution in [2.45, 2.75) is 50.6 Å². The summed E-state index contributed by atoms with van der Waals surface area (Å²) in [6.07, 6.45) is 2.23. The molecule has 11 heteroatoms. The van der Waals surface area contributed by atoms with Crippen LogP contribution in [-0.2, 0) is 26.1 Å². The first-order chi connectivity index (χ1) is 17.3. The Morgan fingerprint density at radius 2 is 1.83 bits per heavy atom. The maximum Gasteiger partial charge on any atom is 0.453 e. The SMILES string of the molecule is Cn1nccc1CCOc1ccc(C2CC23CCN(C2=Nn4c(nnc4C(F)(F)F)CC2)CC3)cc1. The van der Waals surface area contributed by atoms with E-state index in [2.05, 4.69) is 37.4 Å². The van der Waals surface area contributed by atoms with E-state index < -0.39 is 12.0 Å². The van der Waals surface area contributed by atoms with Gasteiger partial charge < -0.3 is 9.64 Å². The lowest BCUT2D eigenvalue weighted by Gasteiger charge is -2.36. The molecule has 3 aromatic rings. The van der Waals surface area contributed by atoms with E-state index in [0.717, 1.165) is 54.9 Å². The molecule has 2 fully saturated rings. The summed E-state index contributed by atoms with van der Waals surface area (Å²) in [4.78, 5) is 2.14. The number of nitrogens with zero attached hydrogens (tertiary/aromatic N) is 7. The number of aryl methyl sites for hydroxylation is 2. The number of rotatable bonds is 5. The molecule has 6 rings (SSSR count). The largest absolute Gasteiger partial charge is 0.493 e. The summed E-state index contributed by atoms with van der Waals surface area (Å²) in [5.74, 6) is 1.32. The smallest absolute Gasteiger partial charge is 0.453 e. The standard InChI is InChI=1S/C25H28F3N7O/c1-33-18(8-12-29-33)9-15-36-19-4-2-17(3-5-19)20-16-24(20)10-13-34(14-11-24)22-7-6-21-30-31-23(25(26,27)28)35(21)32-22/h2-5,8,12,20H,6-7,9-11,13-16H2,1H3. The maximum atomic E-state index is 13.2. The predicted octanol–water partition coefficient (Wildman–Crippen LogP) is 4.03. The second kappa shape index (κ2) is 8.63. The molecule has 0 N–H and O–H groups in total. The Bertz CT molecular complexity index is 1270. The highest BCUT2D eigenvalue weighted by atomic mass is 19.4. The maximum absolute atomic E-state index is 13.2. The topological polar surface area (TPSA) is 73.4 Å². The van der Waals surface area contributed by atoms with E-state index in [1.54, 1.807) is 6.20 Å².